The van der Waals surface area contributed by atoms with E-state index in [1.165, 1.54) is 0 Å². The highest BCUT2D eigenvalue weighted by molar-refractivity contribution is 5.95. The van der Waals surface area contributed by atoms with Crippen LogP contribution in [0.2, 0.25) is 0 Å². The molecule has 0 aromatic rings. The zero-order valence-corrected chi connectivity index (χ0v) is 12.5. The fourth-order valence-electron chi connectivity index (χ4n) is 3.20. The minimum atomic E-state index is -0.457. The van der Waals surface area contributed by atoms with Crippen LogP contribution in [-0.4, -0.2) is 53.2 Å². The van der Waals surface area contributed by atoms with Gasteiger partial charge in [0.25, 0.3) is 0 Å². The van der Waals surface area contributed by atoms with Crippen LogP contribution in [0.4, 0.5) is 4.79 Å². The molecule has 6 nitrogen and oxygen atoms in total. The summed E-state index contributed by atoms with van der Waals surface area (Å²) < 4.78 is 0. The lowest BCUT2D eigenvalue weighted by Crippen LogP contribution is -2.50. The van der Waals surface area contributed by atoms with E-state index in [0.717, 1.165) is 25.9 Å². The molecule has 2 fully saturated rings. The van der Waals surface area contributed by atoms with Crippen LogP contribution in [0, 0.1) is 11.8 Å². The van der Waals surface area contributed by atoms with Crippen molar-refractivity contribution in [2.24, 2.45) is 11.8 Å². The average molecular weight is 283 g/mol. The van der Waals surface area contributed by atoms with Crippen LogP contribution in [0.15, 0.2) is 0 Å². The van der Waals surface area contributed by atoms with Crippen molar-refractivity contribution in [2.75, 3.05) is 19.6 Å². The summed E-state index contributed by atoms with van der Waals surface area (Å²) in [5.41, 5.74) is -0.362. The lowest BCUT2D eigenvalue weighted by Gasteiger charge is -2.21. The first-order valence-corrected chi connectivity index (χ1v) is 7.27. The third-order valence-electron chi connectivity index (χ3n) is 4.00. The molecule has 1 saturated carbocycles. The lowest BCUT2D eigenvalue weighted by atomic mass is 10.00. The highest BCUT2D eigenvalue weighted by atomic mass is 16.3. The Morgan fingerprint density at radius 1 is 1.25 bits per heavy atom. The summed E-state index contributed by atoms with van der Waals surface area (Å²) >= 11 is 0. The molecule has 0 bridgehead atoms. The number of likely N-dealkylation sites (tertiary alicyclic amines) is 1. The van der Waals surface area contributed by atoms with E-state index in [1.807, 2.05) is 25.7 Å². The third-order valence-corrected chi connectivity index (χ3v) is 4.00. The number of fused-ring (bicyclic) bond motifs is 1. The molecule has 3 amide bonds. The molecule has 3 atom stereocenters. The number of rotatable bonds is 2. The molecule has 1 heterocycles. The van der Waals surface area contributed by atoms with Gasteiger partial charge >= 0.3 is 6.03 Å². The normalized spacial score (nSPS) is 30.1. The second-order valence-corrected chi connectivity index (χ2v) is 7.02. The van der Waals surface area contributed by atoms with Crippen molar-refractivity contribution < 1.29 is 14.7 Å². The average Bonchev–Trinajstić information content (AvgIpc) is 2.78. The molecule has 20 heavy (non-hydrogen) atoms. The quantitative estimate of drug-likeness (QED) is 0.681. The first-order chi connectivity index (χ1) is 9.24. The Kier molecular flexibility index (Phi) is 4.34. The summed E-state index contributed by atoms with van der Waals surface area (Å²) in [5.74, 6) is 0.508. The Morgan fingerprint density at radius 3 is 2.55 bits per heavy atom. The highest BCUT2D eigenvalue weighted by Crippen LogP contribution is 2.37. The van der Waals surface area contributed by atoms with Gasteiger partial charge < -0.3 is 10.4 Å². The van der Waals surface area contributed by atoms with Crippen LogP contribution in [0.5, 0.6) is 0 Å². The molecular formula is C14H25N3O3. The zero-order chi connectivity index (χ0) is 14.9. The Balaban J connectivity index is 1.75. The molecule has 1 aliphatic heterocycles. The SMILES string of the molecule is CC(C)(C)NC(=O)NC(=O)CN1CC2CCC(O)C2C1. The summed E-state index contributed by atoms with van der Waals surface area (Å²) in [6, 6.07) is -0.457. The van der Waals surface area contributed by atoms with Gasteiger partial charge in [-0.2, -0.15) is 0 Å². The second kappa shape index (κ2) is 5.69. The molecule has 3 unspecified atom stereocenters. The maximum atomic E-state index is 11.8. The molecule has 114 valence electrons. The van der Waals surface area contributed by atoms with Crippen molar-refractivity contribution in [1.29, 1.82) is 0 Å². The Bertz CT molecular complexity index is 392. The number of carbonyl (C=O) groups excluding carboxylic acids is 2. The molecule has 0 aromatic carbocycles. The zero-order valence-electron chi connectivity index (χ0n) is 12.5. The molecule has 1 saturated heterocycles. The van der Waals surface area contributed by atoms with Gasteiger partial charge in [0.05, 0.1) is 12.6 Å². The maximum Gasteiger partial charge on any atom is 0.321 e. The molecule has 0 aromatic heterocycles. The molecule has 6 heteroatoms. The van der Waals surface area contributed by atoms with E-state index >= 15 is 0 Å². The van der Waals surface area contributed by atoms with Gasteiger partial charge in [0.1, 0.15) is 0 Å². The third kappa shape index (κ3) is 3.93. The molecule has 0 radical (unpaired) electrons. The lowest BCUT2D eigenvalue weighted by molar-refractivity contribution is -0.121. The number of carbonyl (C=O) groups is 2. The van der Waals surface area contributed by atoms with Crippen molar-refractivity contribution in [3.63, 3.8) is 0 Å². The first kappa shape index (κ1) is 15.3. The van der Waals surface area contributed by atoms with E-state index in [0.29, 0.717) is 11.8 Å². The van der Waals surface area contributed by atoms with Crippen molar-refractivity contribution in [1.82, 2.24) is 15.5 Å². The van der Waals surface area contributed by atoms with Crippen LogP contribution in [-0.2, 0) is 4.79 Å². The molecule has 2 aliphatic rings. The number of nitrogens with one attached hydrogen (secondary N) is 2. The minimum absolute atomic E-state index is 0.220. The monoisotopic (exact) mass is 283 g/mol. The molecule has 0 spiro atoms. The van der Waals surface area contributed by atoms with Crippen molar-refractivity contribution in [3.05, 3.63) is 0 Å². The topological polar surface area (TPSA) is 81.7 Å². The molecular weight excluding hydrogens is 258 g/mol. The van der Waals surface area contributed by atoms with Gasteiger partial charge in [-0.25, -0.2) is 4.79 Å². The Labute approximate surface area is 119 Å². The van der Waals surface area contributed by atoms with Gasteiger partial charge in [0.2, 0.25) is 5.91 Å². The van der Waals surface area contributed by atoms with Crippen molar-refractivity contribution in [3.8, 4) is 0 Å². The predicted octanol–water partition coefficient (Wildman–Crippen LogP) is 0.313. The van der Waals surface area contributed by atoms with E-state index in [9.17, 15) is 14.7 Å². The standard InChI is InChI=1S/C14H25N3O3/c1-14(2,3)16-13(20)15-12(19)8-17-6-9-4-5-11(18)10(9)7-17/h9-11,18H,4-8H2,1-3H3,(H2,15,16,19,20). The maximum absolute atomic E-state index is 11.8. The van der Waals surface area contributed by atoms with Crippen LogP contribution >= 0.6 is 0 Å². The largest absolute Gasteiger partial charge is 0.393 e. The highest BCUT2D eigenvalue weighted by Gasteiger charge is 2.42. The van der Waals surface area contributed by atoms with Crippen molar-refractivity contribution in [2.45, 2.75) is 45.3 Å². The molecule has 3 N–H and O–H groups in total. The fraction of sp³-hybridized carbons (Fsp3) is 0.857. The number of hydrogen-bond donors (Lipinski definition) is 3. The first-order valence-electron chi connectivity index (χ1n) is 7.27. The number of aliphatic hydroxyl groups is 1. The number of urea groups is 1. The van der Waals surface area contributed by atoms with E-state index in [4.69, 9.17) is 0 Å². The van der Waals surface area contributed by atoms with Crippen LogP contribution in [0.3, 0.4) is 0 Å². The van der Waals surface area contributed by atoms with Gasteiger partial charge in [0.15, 0.2) is 0 Å². The van der Waals surface area contributed by atoms with Gasteiger partial charge in [0, 0.05) is 24.5 Å². The van der Waals surface area contributed by atoms with Gasteiger partial charge in [-0.1, -0.05) is 0 Å². The molecule has 2 rings (SSSR count). The van der Waals surface area contributed by atoms with E-state index in [1.54, 1.807) is 0 Å². The minimum Gasteiger partial charge on any atom is -0.393 e. The molecule has 1 aliphatic carbocycles. The van der Waals surface area contributed by atoms with E-state index in [2.05, 4.69) is 10.6 Å². The van der Waals surface area contributed by atoms with Gasteiger partial charge in [-0.15, -0.1) is 0 Å². The summed E-state index contributed by atoms with van der Waals surface area (Å²) in [7, 11) is 0. The Hall–Kier alpha value is -1.14. The summed E-state index contributed by atoms with van der Waals surface area (Å²) in [6.45, 7) is 7.40. The fourth-order valence-corrected chi connectivity index (χ4v) is 3.20. The van der Waals surface area contributed by atoms with Crippen LogP contribution in [0.1, 0.15) is 33.6 Å². The van der Waals surface area contributed by atoms with Crippen LogP contribution in [0.25, 0.3) is 0 Å². The number of hydrogen-bond acceptors (Lipinski definition) is 4. The second-order valence-electron chi connectivity index (χ2n) is 7.02. The Morgan fingerprint density at radius 2 is 1.95 bits per heavy atom. The predicted molar refractivity (Wildman–Crippen MR) is 75.1 cm³/mol. The smallest absolute Gasteiger partial charge is 0.321 e. The summed E-state index contributed by atoms with van der Waals surface area (Å²) in [6.07, 6.45) is 1.69. The van der Waals surface area contributed by atoms with Gasteiger partial charge in [-0.3, -0.25) is 15.0 Å². The number of imide groups is 1. The van der Waals surface area contributed by atoms with Crippen molar-refractivity contribution >= 4 is 11.9 Å². The van der Waals surface area contributed by atoms with Gasteiger partial charge in [-0.05, 0) is 39.5 Å². The summed E-state index contributed by atoms with van der Waals surface area (Å²) in [5, 5.41) is 14.9. The van der Waals surface area contributed by atoms with E-state index < -0.39 is 6.03 Å². The number of amides is 3. The number of aliphatic hydroxyl groups excluding tert-OH is 1. The summed E-state index contributed by atoms with van der Waals surface area (Å²) in [4.78, 5) is 25.4. The van der Waals surface area contributed by atoms with E-state index in [-0.39, 0.29) is 24.1 Å². The number of nitrogens with zero attached hydrogens (tertiary/aromatic N) is 1. The van der Waals surface area contributed by atoms with Crippen LogP contribution < -0.4 is 10.6 Å².